The largest absolute Gasteiger partial charge is 0.472 e. The molecule has 0 bridgehead atoms. The van der Waals surface area contributed by atoms with Crippen LogP contribution in [0.2, 0.25) is 0 Å². The molecule has 4 nitrogen and oxygen atoms in total. The Hall–Kier alpha value is -2.56. The third-order valence-corrected chi connectivity index (χ3v) is 2.89. The van der Waals surface area contributed by atoms with Crippen molar-refractivity contribution in [1.82, 2.24) is 9.78 Å². The van der Waals surface area contributed by atoms with E-state index in [-0.39, 0.29) is 5.82 Å². The van der Waals surface area contributed by atoms with Gasteiger partial charge in [0, 0.05) is 12.6 Å². The van der Waals surface area contributed by atoms with Crippen molar-refractivity contribution in [3.63, 3.8) is 0 Å². The van der Waals surface area contributed by atoms with E-state index in [4.69, 9.17) is 4.42 Å². The smallest absolute Gasteiger partial charge is 0.125 e. The summed E-state index contributed by atoms with van der Waals surface area (Å²) >= 11 is 0. The van der Waals surface area contributed by atoms with Crippen molar-refractivity contribution in [1.29, 1.82) is 0 Å². The molecule has 19 heavy (non-hydrogen) atoms. The first-order chi connectivity index (χ1) is 9.29. The number of benzene rings is 1. The van der Waals surface area contributed by atoms with Crippen molar-refractivity contribution in [3.05, 3.63) is 54.9 Å². The predicted octanol–water partition coefficient (Wildman–Crippen LogP) is 3.31. The molecule has 3 rings (SSSR count). The summed E-state index contributed by atoms with van der Waals surface area (Å²) in [6.45, 7) is 0. The fraction of sp³-hybridized carbons (Fsp3) is 0.0714. The highest BCUT2D eigenvalue weighted by molar-refractivity contribution is 5.75. The van der Waals surface area contributed by atoms with E-state index >= 15 is 0 Å². The normalized spacial score (nSPS) is 10.6. The molecule has 0 atom stereocenters. The average Bonchev–Trinajstić information content (AvgIpc) is 3.07. The molecule has 0 unspecified atom stereocenters. The molecular formula is C14H12FN3O. The highest BCUT2D eigenvalue weighted by atomic mass is 19.1. The number of halogens is 1. The van der Waals surface area contributed by atoms with Crippen LogP contribution in [0.5, 0.6) is 0 Å². The molecule has 0 fully saturated rings. The minimum Gasteiger partial charge on any atom is -0.472 e. The number of hydrogen-bond acceptors (Lipinski definition) is 3. The van der Waals surface area contributed by atoms with Crippen molar-refractivity contribution in [3.8, 4) is 16.9 Å². The van der Waals surface area contributed by atoms with Crippen LogP contribution in [-0.4, -0.2) is 16.8 Å². The van der Waals surface area contributed by atoms with Crippen LogP contribution < -0.4 is 5.32 Å². The number of hydrogen-bond donors (Lipinski definition) is 1. The van der Waals surface area contributed by atoms with Crippen molar-refractivity contribution < 1.29 is 8.81 Å². The van der Waals surface area contributed by atoms with E-state index in [1.54, 1.807) is 35.5 Å². The summed E-state index contributed by atoms with van der Waals surface area (Å²) in [5, 5.41) is 7.37. The van der Waals surface area contributed by atoms with Crippen molar-refractivity contribution in [2.75, 3.05) is 12.4 Å². The van der Waals surface area contributed by atoms with Crippen molar-refractivity contribution >= 4 is 5.69 Å². The Morgan fingerprint density at radius 1 is 1.32 bits per heavy atom. The van der Waals surface area contributed by atoms with Gasteiger partial charge in [0.05, 0.1) is 30.1 Å². The van der Waals surface area contributed by atoms with Crippen LogP contribution in [0.1, 0.15) is 0 Å². The Morgan fingerprint density at radius 2 is 2.21 bits per heavy atom. The molecule has 0 aliphatic rings. The fourth-order valence-corrected chi connectivity index (χ4v) is 2.01. The maximum atomic E-state index is 13.3. The minimum absolute atomic E-state index is 0.294. The first-order valence-electron chi connectivity index (χ1n) is 5.84. The van der Waals surface area contributed by atoms with Crippen LogP contribution in [-0.2, 0) is 0 Å². The van der Waals surface area contributed by atoms with Gasteiger partial charge in [0.25, 0.3) is 0 Å². The highest BCUT2D eigenvalue weighted by Gasteiger charge is 2.14. The van der Waals surface area contributed by atoms with Gasteiger partial charge in [-0.1, -0.05) is 6.07 Å². The van der Waals surface area contributed by atoms with Gasteiger partial charge in [-0.05, 0) is 24.3 Å². The Bertz CT molecular complexity index is 689. The first-order valence-corrected chi connectivity index (χ1v) is 5.84. The van der Waals surface area contributed by atoms with Crippen LogP contribution in [0.4, 0.5) is 10.1 Å². The van der Waals surface area contributed by atoms with E-state index in [1.165, 1.54) is 12.1 Å². The van der Waals surface area contributed by atoms with Crippen molar-refractivity contribution in [2.24, 2.45) is 0 Å². The Kier molecular flexibility index (Phi) is 2.79. The van der Waals surface area contributed by atoms with Crippen LogP contribution in [0, 0.1) is 5.82 Å². The highest BCUT2D eigenvalue weighted by Crippen LogP contribution is 2.30. The molecule has 0 aliphatic carbocycles. The molecular weight excluding hydrogens is 245 g/mol. The molecule has 1 aromatic carbocycles. The molecule has 0 saturated heterocycles. The quantitative estimate of drug-likeness (QED) is 0.782. The first kappa shape index (κ1) is 11.5. The lowest BCUT2D eigenvalue weighted by atomic mass is 10.2. The lowest BCUT2D eigenvalue weighted by Crippen LogP contribution is -2.00. The van der Waals surface area contributed by atoms with E-state index < -0.39 is 0 Å². The molecule has 0 radical (unpaired) electrons. The second-order valence-corrected chi connectivity index (χ2v) is 4.06. The second-order valence-electron chi connectivity index (χ2n) is 4.06. The summed E-state index contributed by atoms with van der Waals surface area (Å²) in [6.07, 6.45) is 4.93. The molecule has 1 N–H and O–H groups in total. The standard InChI is InChI=1S/C14H12FN3O/c1-16-13-8-17-18(12-4-2-3-11(15)7-12)14(13)10-5-6-19-9-10/h2-9,16H,1H3. The lowest BCUT2D eigenvalue weighted by Gasteiger charge is -2.08. The molecule has 0 aliphatic heterocycles. The van der Waals surface area contributed by atoms with Gasteiger partial charge in [0.2, 0.25) is 0 Å². The van der Waals surface area contributed by atoms with Crippen LogP contribution in [0.15, 0.2) is 53.5 Å². The maximum Gasteiger partial charge on any atom is 0.125 e. The number of rotatable bonds is 3. The number of nitrogens with one attached hydrogen (secondary N) is 1. The monoisotopic (exact) mass is 257 g/mol. The fourth-order valence-electron chi connectivity index (χ4n) is 2.01. The van der Waals surface area contributed by atoms with Crippen LogP contribution in [0.3, 0.4) is 0 Å². The zero-order valence-electron chi connectivity index (χ0n) is 10.3. The van der Waals surface area contributed by atoms with Gasteiger partial charge in [0.1, 0.15) is 11.5 Å². The summed E-state index contributed by atoms with van der Waals surface area (Å²) in [7, 11) is 1.82. The Balaban J connectivity index is 2.20. The predicted molar refractivity (Wildman–Crippen MR) is 70.8 cm³/mol. The van der Waals surface area contributed by atoms with Gasteiger partial charge >= 0.3 is 0 Å². The van der Waals surface area contributed by atoms with Crippen LogP contribution >= 0.6 is 0 Å². The second kappa shape index (κ2) is 4.61. The van der Waals surface area contributed by atoms with E-state index in [2.05, 4.69) is 10.4 Å². The number of furan rings is 1. The summed E-state index contributed by atoms with van der Waals surface area (Å²) in [6, 6.07) is 8.15. The van der Waals surface area contributed by atoms with Crippen LogP contribution in [0.25, 0.3) is 16.9 Å². The topological polar surface area (TPSA) is 43.0 Å². The molecule has 96 valence electrons. The summed E-state index contributed by atoms with van der Waals surface area (Å²) in [5.74, 6) is -0.294. The zero-order chi connectivity index (χ0) is 13.2. The SMILES string of the molecule is CNc1cnn(-c2cccc(F)c2)c1-c1ccoc1. The molecule has 0 saturated carbocycles. The average molecular weight is 257 g/mol. The lowest BCUT2D eigenvalue weighted by molar-refractivity contribution is 0.568. The van der Waals surface area contributed by atoms with Gasteiger partial charge in [0.15, 0.2) is 0 Å². The van der Waals surface area contributed by atoms with E-state index in [0.29, 0.717) is 5.69 Å². The summed E-state index contributed by atoms with van der Waals surface area (Å²) in [5.41, 5.74) is 3.23. The number of anilines is 1. The third kappa shape index (κ3) is 1.99. The molecule has 3 aromatic rings. The van der Waals surface area contributed by atoms with E-state index in [9.17, 15) is 4.39 Å². The molecule has 0 spiro atoms. The molecule has 5 heteroatoms. The minimum atomic E-state index is -0.294. The van der Waals surface area contributed by atoms with Gasteiger partial charge < -0.3 is 9.73 Å². The van der Waals surface area contributed by atoms with Gasteiger partial charge in [-0.25, -0.2) is 9.07 Å². The Morgan fingerprint density at radius 3 is 2.89 bits per heavy atom. The van der Waals surface area contributed by atoms with Gasteiger partial charge in [-0.3, -0.25) is 0 Å². The van der Waals surface area contributed by atoms with E-state index in [1.807, 2.05) is 13.1 Å². The molecule has 2 heterocycles. The molecule has 0 amide bonds. The third-order valence-electron chi connectivity index (χ3n) is 2.89. The van der Waals surface area contributed by atoms with Gasteiger partial charge in [-0.15, -0.1) is 0 Å². The van der Waals surface area contributed by atoms with E-state index in [0.717, 1.165) is 16.9 Å². The maximum absolute atomic E-state index is 13.3. The zero-order valence-corrected chi connectivity index (χ0v) is 10.3. The Labute approximate surface area is 109 Å². The number of aromatic nitrogens is 2. The molecule has 2 aromatic heterocycles. The summed E-state index contributed by atoms with van der Waals surface area (Å²) < 4.78 is 20.1. The summed E-state index contributed by atoms with van der Waals surface area (Å²) in [4.78, 5) is 0. The van der Waals surface area contributed by atoms with Crippen molar-refractivity contribution in [2.45, 2.75) is 0 Å². The van der Waals surface area contributed by atoms with Gasteiger partial charge in [-0.2, -0.15) is 5.10 Å². The number of nitrogens with zero attached hydrogens (tertiary/aromatic N) is 2.